The Kier molecular flexibility index (Phi) is 7.78. The van der Waals surface area contributed by atoms with E-state index in [-0.39, 0.29) is 0 Å². The number of benzene rings is 8. The van der Waals surface area contributed by atoms with E-state index in [2.05, 4.69) is 164 Å². The summed E-state index contributed by atoms with van der Waals surface area (Å²) in [6, 6.07) is 69.6. The van der Waals surface area contributed by atoms with Crippen molar-refractivity contribution >= 4 is 43.6 Å². The predicted molar refractivity (Wildman–Crippen MR) is 235 cm³/mol. The summed E-state index contributed by atoms with van der Waals surface area (Å²) in [5.74, 6) is 0.677. The van der Waals surface area contributed by atoms with Crippen LogP contribution < -0.4 is 0 Å². The molecular formula is C53H33N3O. The Balaban J connectivity index is 1.18. The van der Waals surface area contributed by atoms with Crippen molar-refractivity contribution in [1.82, 2.24) is 15.0 Å². The fraction of sp³-hybridized carbons (Fsp3) is 0. The van der Waals surface area contributed by atoms with Crippen LogP contribution in [0.1, 0.15) is 0 Å². The average molecular weight is 728 g/mol. The molecule has 0 fully saturated rings. The highest BCUT2D eigenvalue weighted by Gasteiger charge is 2.22. The van der Waals surface area contributed by atoms with Gasteiger partial charge in [0.15, 0.2) is 5.82 Å². The minimum atomic E-state index is 0.677. The molecule has 3 aromatic heterocycles. The lowest BCUT2D eigenvalue weighted by Gasteiger charge is -2.16. The third kappa shape index (κ3) is 5.74. The number of fused-ring (bicyclic) bond motifs is 6. The lowest BCUT2D eigenvalue weighted by atomic mass is 9.89. The van der Waals surface area contributed by atoms with Crippen LogP contribution in [-0.2, 0) is 0 Å². The van der Waals surface area contributed by atoms with Crippen LogP contribution in [0, 0.1) is 0 Å². The molecule has 11 rings (SSSR count). The zero-order valence-electron chi connectivity index (χ0n) is 30.8. The lowest BCUT2D eigenvalue weighted by Crippen LogP contribution is -1.96. The van der Waals surface area contributed by atoms with Gasteiger partial charge in [-0.15, -0.1) is 0 Å². The molecule has 266 valence electrons. The van der Waals surface area contributed by atoms with Gasteiger partial charge >= 0.3 is 0 Å². The van der Waals surface area contributed by atoms with E-state index in [0.717, 1.165) is 105 Å². The number of hydrogen-bond acceptors (Lipinski definition) is 4. The molecule has 0 spiro atoms. The number of aromatic nitrogens is 3. The summed E-state index contributed by atoms with van der Waals surface area (Å²) >= 11 is 0. The van der Waals surface area contributed by atoms with Crippen LogP contribution in [0.2, 0.25) is 0 Å². The summed E-state index contributed by atoms with van der Waals surface area (Å²) in [6.45, 7) is 0. The molecule has 8 aromatic carbocycles. The molecular weight excluding hydrogens is 695 g/mol. The summed E-state index contributed by atoms with van der Waals surface area (Å²) in [7, 11) is 0. The fourth-order valence-corrected chi connectivity index (χ4v) is 8.20. The van der Waals surface area contributed by atoms with Gasteiger partial charge in [0.1, 0.15) is 11.2 Å². The van der Waals surface area contributed by atoms with Gasteiger partial charge in [0, 0.05) is 54.7 Å². The largest absolute Gasteiger partial charge is 0.456 e. The zero-order valence-corrected chi connectivity index (χ0v) is 30.8. The number of hydrogen-bond donors (Lipinski definition) is 0. The molecule has 0 unspecified atom stereocenters. The standard InChI is InChI=1S/C53H33N3O/c1-4-16-34(17-5-1)37-22-14-23-38(30-37)45-33-46(56-53(55-45)36-20-8-3-9-21-36)39-24-15-25-40(31-39)49-50-41-26-10-12-28-44(41)54-52(35-18-6-2-7-19-35)43(50)32-48-51(49)42-27-11-13-29-47(42)57-48/h1-33H. The van der Waals surface area contributed by atoms with Crippen LogP contribution in [0.5, 0.6) is 0 Å². The number of furan rings is 1. The second-order valence-electron chi connectivity index (χ2n) is 14.3. The SMILES string of the molecule is c1ccc(-c2cccc(-c3cc(-c4cccc(-c5c6c(cc7c(-c8ccccc8)nc8ccccc8c57)oc5ccccc56)c4)nc(-c4ccccc4)n3)c2)cc1. The van der Waals surface area contributed by atoms with Gasteiger partial charge in [-0.1, -0.05) is 164 Å². The van der Waals surface area contributed by atoms with Crippen LogP contribution >= 0.6 is 0 Å². The Hall–Kier alpha value is -7.69. The smallest absolute Gasteiger partial charge is 0.160 e. The average Bonchev–Trinajstić information content (AvgIpc) is 3.67. The van der Waals surface area contributed by atoms with Crippen LogP contribution in [0.25, 0.3) is 111 Å². The number of pyridine rings is 1. The van der Waals surface area contributed by atoms with E-state index in [1.807, 2.05) is 36.4 Å². The molecule has 0 bridgehead atoms. The number of nitrogens with zero attached hydrogens (tertiary/aromatic N) is 3. The van der Waals surface area contributed by atoms with Crippen molar-refractivity contribution < 1.29 is 4.42 Å². The highest BCUT2D eigenvalue weighted by molar-refractivity contribution is 6.27. The Morgan fingerprint density at radius 2 is 0.860 bits per heavy atom. The molecule has 57 heavy (non-hydrogen) atoms. The van der Waals surface area contributed by atoms with E-state index in [9.17, 15) is 0 Å². The van der Waals surface area contributed by atoms with Gasteiger partial charge in [-0.25, -0.2) is 15.0 Å². The first-order chi connectivity index (χ1) is 28.2. The normalized spacial score (nSPS) is 11.5. The van der Waals surface area contributed by atoms with E-state index < -0.39 is 0 Å². The molecule has 0 aliphatic heterocycles. The van der Waals surface area contributed by atoms with Crippen molar-refractivity contribution in [3.8, 4) is 67.4 Å². The lowest BCUT2D eigenvalue weighted by molar-refractivity contribution is 0.669. The van der Waals surface area contributed by atoms with E-state index >= 15 is 0 Å². The molecule has 0 radical (unpaired) electrons. The first-order valence-electron chi connectivity index (χ1n) is 19.2. The summed E-state index contributed by atoms with van der Waals surface area (Å²) in [5.41, 5.74) is 13.8. The molecule has 4 heteroatoms. The summed E-state index contributed by atoms with van der Waals surface area (Å²) in [4.78, 5) is 15.7. The van der Waals surface area contributed by atoms with Crippen molar-refractivity contribution in [3.05, 3.63) is 200 Å². The molecule has 0 amide bonds. The number of rotatable bonds is 6. The Labute approximate surface area is 329 Å². The van der Waals surface area contributed by atoms with Crippen molar-refractivity contribution in [2.45, 2.75) is 0 Å². The van der Waals surface area contributed by atoms with Crippen molar-refractivity contribution in [3.63, 3.8) is 0 Å². The first-order valence-corrected chi connectivity index (χ1v) is 19.2. The summed E-state index contributed by atoms with van der Waals surface area (Å²) < 4.78 is 6.66. The molecule has 0 saturated carbocycles. The second kappa shape index (κ2) is 13.6. The molecule has 0 atom stereocenters. The van der Waals surface area contributed by atoms with Crippen LogP contribution in [0.15, 0.2) is 205 Å². The van der Waals surface area contributed by atoms with Gasteiger partial charge in [0.2, 0.25) is 0 Å². The van der Waals surface area contributed by atoms with Gasteiger partial charge in [-0.05, 0) is 53.1 Å². The van der Waals surface area contributed by atoms with E-state index in [1.54, 1.807) is 0 Å². The minimum Gasteiger partial charge on any atom is -0.456 e. The van der Waals surface area contributed by atoms with Crippen LogP contribution in [-0.4, -0.2) is 15.0 Å². The Bertz CT molecular complexity index is 3280. The zero-order chi connectivity index (χ0) is 37.7. The predicted octanol–water partition coefficient (Wildman–Crippen LogP) is 14.1. The van der Waals surface area contributed by atoms with Crippen LogP contribution in [0.3, 0.4) is 0 Å². The van der Waals surface area contributed by atoms with E-state index in [4.69, 9.17) is 19.4 Å². The monoisotopic (exact) mass is 727 g/mol. The molecule has 0 saturated heterocycles. The summed E-state index contributed by atoms with van der Waals surface area (Å²) in [5, 5.41) is 5.43. The highest BCUT2D eigenvalue weighted by atomic mass is 16.3. The van der Waals surface area contributed by atoms with Crippen LogP contribution in [0.4, 0.5) is 0 Å². The molecule has 3 heterocycles. The molecule has 0 N–H and O–H groups in total. The maximum Gasteiger partial charge on any atom is 0.160 e. The number of para-hydroxylation sites is 2. The van der Waals surface area contributed by atoms with Gasteiger partial charge < -0.3 is 4.42 Å². The van der Waals surface area contributed by atoms with Gasteiger partial charge in [-0.3, -0.25) is 0 Å². The molecule has 4 nitrogen and oxygen atoms in total. The van der Waals surface area contributed by atoms with Crippen molar-refractivity contribution in [2.75, 3.05) is 0 Å². The van der Waals surface area contributed by atoms with Crippen molar-refractivity contribution in [1.29, 1.82) is 0 Å². The molecule has 11 aromatic rings. The maximum atomic E-state index is 6.66. The minimum absolute atomic E-state index is 0.677. The summed E-state index contributed by atoms with van der Waals surface area (Å²) in [6.07, 6.45) is 0. The first kappa shape index (κ1) is 32.7. The molecule has 0 aliphatic carbocycles. The van der Waals surface area contributed by atoms with E-state index in [1.165, 1.54) is 0 Å². The van der Waals surface area contributed by atoms with E-state index in [0.29, 0.717) is 5.82 Å². The Morgan fingerprint density at radius 3 is 1.58 bits per heavy atom. The van der Waals surface area contributed by atoms with Gasteiger partial charge in [-0.2, -0.15) is 0 Å². The van der Waals surface area contributed by atoms with Gasteiger partial charge in [0.25, 0.3) is 0 Å². The fourth-order valence-electron chi connectivity index (χ4n) is 8.20. The quantitative estimate of drug-likeness (QED) is 0.160. The second-order valence-corrected chi connectivity index (χ2v) is 14.3. The Morgan fingerprint density at radius 1 is 0.316 bits per heavy atom. The third-order valence-corrected chi connectivity index (χ3v) is 10.8. The van der Waals surface area contributed by atoms with Crippen molar-refractivity contribution in [2.24, 2.45) is 0 Å². The topological polar surface area (TPSA) is 51.8 Å². The highest BCUT2D eigenvalue weighted by Crippen LogP contribution is 2.47. The van der Waals surface area contributed by atoms with Gasteiger partial charge in [0.05, 0.1) is 22.6 Å². The third-order valence-electron chi connectivity index (χ3n) is 10.8. The molecule has 0 aliphatic rings. The maximum absolute atomic E-state index is 6.66.